The van der Waals surface area contributed by atoms with Crippen molar-refractivity contribution in [2.75, 3.05) is 5.32 Å². The van der Waals surface area contributed by atoms with Crippen LogP contribution in [-0.2, 0) is 4.79 Å². The number of carboxylic acid groups (broad SMARTS) is 1. The number of nitrogens with one attached hydrogen (secondary N) is 1. The number of hydrogen-bond acceptors (Lipinski definition) is 2. The first-order valence-corrected chi connectivity index (χ1v) is 5.63. The molecule has 3 heteroatoms. The summed E-state index contributed by atoms with van der Waals surface area (Å²) >= 11 is 0. The zero-order valence-electron chi connectivity index (χ0n) is 9.66. The third-order valence-corrected chi connectivity index (χ3v) is 3.37. The van der Waals surface area contributed by atoms with Gasteiger partial charge in [0.2, 0.25) is 0 Å². The number of carbonyl (C=O) groups is 1. The van der Waals surface area contributed by atoms with E-state index in [-0.39, 0.29) is 5.92 Å². The summed E-state index contributed by atoms with van der Waals surface area (Å²) in [5.41, 5.74) is 3.64. The summed E-state index contributed by atoms with van der Waals surface area (Å²) < 4.78 is 0. The molecule has 2 rings (SSSR count). The fraction of sp³-hybridized carbons (Fsp3) is 0.462. The second-order valence-corrected chi connectivity index (χ2v) is 4.65. The fourth-order valence-electron chi connectivity index (χ4n) is 2.00. The van der Waals surface area contributed by atoms with Crippen LogP contribution in [-0.4, -0.2) is 17.1 Å². The number of carboxylic acids is 1. The number of benzene rings is 1. The Bertz CT molecular complexity index is 408. The highest BCUT2D eigenvalue weighted by atomic mass is 16.4. The first kappa shape index (κ1) is 11.0. The molecule has 0 unspecified atom stereocenters. The summed E-state index contributed by atoms with van der Waals surface area (Å²) in [6, 6.07) is 6.58. The van der Waals surface area contributed by atoms with E-state index < -0.39 is 5.97 Å². The van der Waals surface area contributed by atoms with E-state index >= 15 is 0 Å². The lowest BCUT2D eigenvalue weighted by molar-refractivity contribution is -0.144. The minimum Gasteiger partial charge on any atom is -0.481 e. The van der Waals surface area contributed by atoms with Gasteiger partial charge >= 0.3 is 5.97 Å². The maximum absolute atomic E-state index is 10.7. The van der Waals surface area contributed by atoms with Gasteiger partial charge < -0.3 is 10.4 Å². The molecule has 1 aromatic rings. The highest BCUT2D eigenvalue weighted by molar-refractivity contribution is 5.71. The maximum Gasteiger partial charge on any atom is 0.306 e. The van der Waals surface area contributed by atoms with Crippen LogP contribution < -0.4 is 5.32 Å². The quantitative estimate of drug-likeness (QED) is 0.821. The number of aliphatic carboxylic acids is 1. The molecule has 0 aliphatic heterocycles. The van der Waals surface area contributed by atoms with Crippen molar-refractivity contribution >= 4 is 11.7 Å². The van der Waals surface area contributed by atoms with Crippen molar-refractivity contribution in [3.63, 3.8) is 0 Å². The zero-order valence-corrected chi connectivity index (χ0v) is 9.66. The van der Waals surface area contributed by atoms with Gasteiger partial charge in [0.1, 0.15) is 0 Å². The summed E-state index contributed by atoms with van der Waals surface area (Å²) in [6.45, 7) is 4.17. The number of rotatable bonds is 3. The normalized spacial score (nSPS) is 23.6. The second-order valence-electron chi connectivity index (χ2n) is 4.65. The van der Waals surface area contributed by atoms with Crippen LogP contribution in [0.15, 0.2) is 18.2 Å². The lowest BCUT2D eigenvalue weighted by Gasteiger charge is -2.33. The summed E-state index contributed by atoms with van der Waals surface area (Å²) in [7, 11) is 0. The fourth-order valence-corrected chi connectivity index (χ4v) is 2.00. The third kappa shape index (κ3) is 2.18. The monoisotopic (exact) mass is 219 g/mol. The standard InChI is InChI=1S/C13H17NO2/c1-8-3-4-11(5-9(8)2)14-12-6-10(7-12)13(15)16/h3-5,10,12,14H,6-7H2,1-2H3,(H,15,16). The van der Waals surface area contributed by atoms with Gasteiger partial charge in [-0.05, 0) is 49.9 Å². The Labute approximate surface area is 95.5 Å². The van der Waals surface area contributed by atoms with Gasteiger partial charge in [-0.2, -0.15) is 0 Å². The van der Waals surface area contributed by atoms with Gasteiger partial charge in [-0.3, -0.25) is 4.79 Å². The van der Waals surface area contributed by atoms with Gasteiger partial charge in [-0.1, -0.05) is 6.07 Å². The maximum atomic E-state index is 10.7. The van der Waals surface area contributed by atoms with Crippen LogP contribution in [0.4, 0.5) is 5.69 Å². The summed E-state index contributed by atoms with van der Waals surface area (Å²) in [6.07, 6.45) is 1.48. The van der Waals surface area contributed by atoms with Gasteiger partial charge in [0, 0.05) is 11.7 Å². The molecule has 0 amide bonds. The molecule has 0 bridgehead atoms. The van der Waals surface area contributed by atoms with E-state index in [2.05, 4.69) is 37.4 Å². The van der Waals surface area contributed by atoms with E-state index in [4.69, 9.17) is 5.11 Å². The van der Waals surface area contributed by atoms with Crippen LogP contribution in [0.25, 0.3) is 0 Å². The Morgan fingerprint density at radius 3 is 2.56 bits per heavy atom. The zero-order chi connectivity index (χ0) is 11.7. The van der Waals surface area contributed by atoms with E-state index in [9.17, 15) is 4.79 Å². The molecular formula is C13H17NO2. The van der Waals surface area contributed by atoms with E-state index in [0.29, 0.717) is 6.04 Å². The summed E-state index contributed by atoms with van der Waals surface area (Å²) in [5, 5.41) is 12.1. The Hall–Kier alpha value is -1.51. The van der Waals surface area contributed by atoms with Crippen molar-refractivity contribution < 1.29 is 9.90 Å². The van der Waals surface area contributed by atoms with Crippen LogP contribution in [0, 0.1) is 19.8 Å². The van der Waals surface area contributed by atoms with Crippen LogP contribution >= 0.6 is 0 Å². The van der Waals surface area contributed by atoms with Gasteiger partial charge in [-0.15, -0.1) is 0 Å². The molecular weight excluding hydrogens is 202 g/mol. The molecule has 3 nitrogen and oxygen atoms in total. The first-order chi connectivity index (χ1) is 7.56. The molecule has 2 N–H and O–H groups in total. The minimum atomic E-state index is -0.668. The van der Waals surface area contributed by atoms with Crippen LogP contribution in [0.1, 0.15) is 24.0 Å². The molecule has 16 heavy (non-hydrogen) atoms. The van der Waals surface area contributed by atoms with Crippen LogP contribution in [0.2, 0.25) is 0 Å². The average molecular weight is 219 g/mol. The van der Waals surface area contributed by atoms with E-state index in [1.807, 2.05) is 0 Å². The topological polar surface area (TPSA) is 49.3 Å². The molecule has 1 aliphatic rings. The number of aryl methyl sites for hydroxylation is 2. The summed E-state index contributed by atoms with van der Waals surface area (Å²) in [5.74, 6) is -0.817. The van der Waals surface area contributed by atoms with Gasteiger partial charge in [0.05, 0.1) is 5.92 Å². The molecule has 86 valence electrons. The molecule has 0 atom stereocenters. The Kier molecular flexibility index (Phi) is 2.86. The van der Waals surface area contributed by atoms with Gasteiger partial charge in [-0.25, -0.2) is 0 Å². The first-order valence-electron chi connectivity index (χ1n) is 5.63. The number of hydrogen-bond donors (Lipinski definition) is 2. The molecule has 0 saturated heterocycles. The Morgan fingerprint density at radius 1 is 1.31 bits per heavy atom. The van der Waals surface area contributed by atoms with Crippen molar-refractivity contribution in [3.8, 4) is 0 Å². The minimum absolute atomic E-state index is 0.149. The summed E-state index contributed by atoms with van der Waals surface area (Å²) in [4.78, 5) is 10.7. The smallest absolute Gasteiger partial charge is 0.306 e. The Balaban J connectivity index is 1.91. The average Bonchev–Trinajstić information content (AvgIpc) is 2.15. The van der Waals surface area contributed by atoms with E-state index in [0.717, 1.165) is 18.5 Å². The number of anilines is 1. The predicted molar refractivity (Wildman–Crippen MR) is 63.7 cm³/mol. The van der Waals surface area contributed by atoms with Crippen molar-refractivity contribution in [1.82, 2.24) is 0 Å². The van der Waals surface area contributed by atoms with Gasteiger partial charge in [0.15, 0.2) is 0 Å². The van der Waals surface area contributed by atoms with Crippen LogP contribution in [0.5, 0.6) is 0 Å². The third-order valence-electron chi connectivity index (χ3n) is 3.37. The molecule has 1 saturated carbocycles. The van der Waals surface area contributed by atoms with E-state index in [1.54, 1.807) is 0 Å². The molecule has 1 aromatic carbocycles. The van der Waals surface area contributed by atoms with Crippen molar-refractivity contribution in [2.45, 2.75) is 32.7 Å². The molecule has 0 spiro atoms. The van der Waals surface area contributed by atoms with Crippen molar-refractivity contribution in [3.05, 3.63) is 29.3 Å². The molecule has 1 aliphatic carbocycles. The SMILES string of the molecule is Cc1ccc(NC2CC(C(=O)O)C2)cc1C. The van der Waals surface area contributed by atoms with Crippen molar-refractivity contribution in [2.24, 2.45) is 5.92 Å². The molecule has 1 fully saturated rings. The highest BCUT2D eigenvalue weighted by Crippen LogP contribution is 2.30. The second kappa shape index (κ2) is 4.16. The van der Waals surface area contributed by atoms with Crippen LogP contribution in [0.3, 0.4) is 0 Å². The Morgan fingerprint density at radius 2 is 2.00 bits per heavy atom. The molecule has 0 radical (unpaired) electrons. The lowest BCUT2D eigenvalue weighted by atomic mass is 9.80. The highest BCUT2D eigenvalue weighted by Gasteiger charge is 2.34. The largest absolute Gasteiger partial charge is 0.481 e. The van der Waals surface area contributed by atoms with Crippen molar-refractivity contribution in [1.29, 1.82) is 0 Å². The van der Waals surface area contributed by atoms with E-state index in [1.165, 1.54) is 11.1 Å². The predicted octanol–water partition coefficient (Wildman–Crippen LogP) is 2.58. The molecule has 0 heterocycles. The van der Waals surface area contributed by atoms with Gasteiger partial charge in [0.25, 0.3) is 0 Å². The molecule has 0 aromatic heterocycles. The lowest BCUT2D eigenvalue weighted by Crippen LogP contribution is -2.39.